The van der Waals surface area contributed by atoms with E-state index in [9.17, 15) is 0 Å². The van der Waals surface area contributed by atoms with E-state index in [-0.39, 0.29) is 0 Å². The maximum atomic E-state index is 2.43. The second kappa shape index (κ2) is 2.90. The first kappa shape index (κ1) is 7.73. The van der Waals surface area contributed by atoms with Gasteiger partial charge in [-0.05, 0) is 0 Å². The van der Waals surface area contributed by atoms with Crippen molar-refractivity contribution in [2.45, 2.75) is -1.73 Å². The Labute approximate surface area is 80.9 Å². The zero-order valence-corrected chi connectivity index (χ0v) is 13.3. The maximum absolute atomic E-state index is 2.43. The summed E-state index contributed by atoms with van der Waals surface area (Å²) in [5, 5.41) is 0. The predicted molar refractivity (Wildman–Crippen MR) is 54.7 cm³/mol. The number of halogens is 3. The molecule has 0 aliphatic heterocycles. The van der Waals surface area contributed by atoms with Crippen molar-refractivity contribution < 1.29 is 0 Å². The molecule has 0 saturated heterocycles. The van der Waals surface area contributed by atoms with Gasteiger partial charge in [0.05, 0.1) is 0 Å². The second-order valence-corrected chi connectivity index (χ2v) is 29.4. The Kier molecular flexibility index (Phi) is 4.49. The van der Waals surface area contributed by atoms with Gasteiger partial charge in [0, 0.05) is 0 Å². The molecular formula is CH3GeI3. The van der Waals surface area contributed by atoms with Gasteiger partial charge < -0.3 is 0 Å². The first-order valence-corrected chi connectivity index (χ1v) is 6.40. The van der Waals surface area contributed by atoms with Gasteiger partial charge >= 0.3 is 82.6 Å². The van der Waals surface area contributed by atoms with Gasteiger partial charge in [0.25, 0.3) is 0 Å². The van der Waals surface area contributed by atoms with E-state index >= 15 is 0 Å². The Morgan fingerprint density at radius 3 is 1.20 bits per heavy atom. The zero-order chi connectivity index (χ0) is 4.50. The molecule has 5 heavy (non-hydrogen) atoms. The van der Waals surface area contributed by atoms with Gasteiger partial charge in [0.15, 0.2) is 0 Å². The third-order valence-corrected chi connectivity index (χ3v) is 0. The van der Waals surface area contributed by atoms with E-state index in [2.05, 4.69) is 67.8 Å². The van der Waals surface area contributed by atoms with E-state index in [1.807, 2.05) is 0 Å². The Bertz CT molecular complexity index is 22.4. The summed E-state index contributed by atoms with van der Waals surface area (Å²) in [6.45, 7) is 0. The molecule has 0 unspecified atom stereocenters. The van der Waals surface area contributed by atoms with Gasteiger partial charge in [0.2, 0.25) is 0 Å². The van der Waals surface area contributed by atoms with Gasteiger partial charge in [-0.2, -0.15) is 0 Å². The molecule has 0 atom stereocenters. The average molecular weight is 468 g/mol. The fraction of sp³-hybridized carbons (Fsp3) is 1.00. The summed E-state index contributed by atoms with van der Waals surface area (Å²) in [7, 11) is 0. The van der Waals surface area contributed by atoms with E-state index in [0.717, 1.165) is 16.5 Å². The van der Waals surface area contributed by atoms with Crippen molar-refractivity contribution in [3.63, 3.8) is 0 Å². The van der Waals surface area contributed by atoms with E-state index < -0.39 is 0 Å². The molecule has 0 aliphatic carbocycles. The van der Waals surface area contributed by atoms with Crippen molar-refractivity contribution in [3.05, 3.63) is 0 Å². The SMILES string of the molecule is [GeH3][C](I)(I)I. The third kappa shape index (κ3) is 20.2. The predicted octanol–water partition coefficient (Wildman–Crippen LogP) is 1.27. The Morgan fingerprint density at radius 1 is 1.20 bits per heavy atom. The van der Waals surface area contributed by atoms with Gasteiger partial charge in [-0.15, -0.1) is 0 Å². The van der Waals surface area contributed by atoms with E-state index in [4.69, 9.17) is 0 Å². The van der Waals surface area contributed by atoms with Gasteiger partial charge in [-0.1, -0.05) is 0 Å². The van der Waals surface area contributed by atoms with Crippen LogP contribution in [-0.4, -0.2) is 14.8 Å². The van der Waals surface area contributed by atoms with Crippen molar-refractivity contribution in [1.82, 2.24) is 0 Å². The fourth-order valence-electron chi connectivity index (χ4n) is 0. The van der Waals surface area contributed by atoms with Crippen LogP contribution in [0.15, 0.2) is 0 Å². The van der Waals surface area contributed by atoms with Crippen LogP contribution in [0.5, 0.6) is 0 Å². The van der Waals surface area contributed by atoms with Gasteiger partial charge in [-0.25, -0.2) is 0 Å². The van der Waals surface area contributed by atoms with Crippen LogP contribution in [0.4, 0.5) is 0 Å². The van der Waals surface area contributed by atoms with Crippen molar-refractivity contribution in [3.8, 4) is 0 Å². The summed E-state index contributed by atoms with van der Waals surface area (Å²) >= 11 is 8.26. The molecule has 32 valence electrons. The molecule has 0 rings (SSSR count). The molecule has 0 bridgehead atoms. The Balaban J connectivity index is 3.02. The summed E-state index contributed by atoms with van der Waals surface area (Å²) in [6.07, 6.45) is 0. The standard InChI is InChI=1S/CH3GeI3/c2-1(3,4)5/h2H3. The van der Waals surface area contributed by atoms with Crippen LogP contribution in [0.25, 0.3) is 0 Å². The van der Waals surface area contributed by atoms with Gasteiger partial charge in [-0.3, -0.25) is 0 Å². The summed E-state index contributed by atoms with van der Waals surface area (Å²) in [6, 6.07) is 0. The molecule has 0 aromatic heterocycles. The van der Waals surface area contributed by atoms with Crippen LogP contribution in [-0.2, 0) is 0 Å². The van der Waals surface area contributed by atoms with E-state index in [1.54, 1.807) is 0 Å². The molecule has 0 saturated carbocycles. The van der Waals surface area contributed by atoms with Crippen molar-refractivity contribution >= 4 is 84.3 Å². The number of rotatable bonds is 0. The van der Waals surface area contributed by atoms with E-state index in [1.165, 1.54) is 0 Å². The van der Waals surface area contributed by atoms with Crippen LogP contribution in [0.3, 0.4) is 0 Å². The number of hydrogen-bond donors (Lipinski definition) is 0. The molecule has 0 spiro atoms. The Hall–Kier alpha value is 2.73. The summed E-state index contributed by atoms with van der Waals surface area (Å²) in [4.78, 5) is 0. The minimum atomic E-state index is 0.597. The molecule has 0 aromatic carbocycles. The Morgan fingerprint density at radius 2 is 1.20 bits per heavy atom. The molecule has 0 aromatic rings. The van der Waals surface area contributed by atoms with Crippen LogP contribution >= 0.6 is 67.8 Å². The van der Waals surface area contributed by atoms with Crippen molar-refractivity contribution in [2.75, 3.05) is 0 Å². The molecule has 0 nitrogen and oxygen atoms in total. The summed E-state index contributed by atoms with van der Waals surface area (Å²) in [5.74, 6) is 0. The molecule has 0 amide bonds. The fourth-order valence-corrected chi connectivity index (χ4v) is 0. The normalized spacial score (nSPS) is 12.6. The third-order valence-electron chi connectivity index (χ3n) is 0. The van der Waals surface area contributed by atoms with Gasteiger partial charge in [0.1, 0.15) is 0 Å². The van der Waals surface area contributed by atoms with Crippen LogP contribution in [0.1, 0.15) is 0 Å². The first-order chi connectivity index (χ1) is 2.00. The zero-order valence-electron chi connectivity index (χ0n) is 2.63. The van der Waals surface area contributed by atoms with Crippen molar-refractivity contribution in [1.29, 1.82) is 0 Å². The minimum absolute atomic E-state index is 0.597. The number of alkyl halides is 3. The first-order valence-electron chi connectivity index (χ1n) is 1.07. The number of hydrogen-bond acceptors (Lipinski definition) is 0. The second-order valence-electron chi connectivity index (χ2n) is 0.781. The molecule has 0 heterocycles. The summed E-state index contributed by atoms with van der Waals surface area (Å²) < 4.78 is 0.597. The molecule has 0 radical (unpaired) electrons. The molecular weight excluding hydrogens is 465 g/mol. The quantitative estimate of drug-likeness (QED) is 0.286. The molecule has 0 fully saturated rings. The van der Waals surface area contributed by atoms with E-state index in [0.29, 0.717) is -1.73 Å². The monoisotopic (exact) mass is 470 g/mol. The molecule has 0 aliphatic rings. The topological polar surface area (TPSA) is 0 Å². The van der Waals surface area contributed by atoms with Crippen LogP contribution in [0.2, 0.25) is 0 Å². The molecule has 4 heteroatoms. The van der Waals surface area contributed by atoms with Crippen LogP contribution < -0.4 is 0 Å². The average Bonchev–Trinajstić information content (AvgIpc) is 0.722. The van der Waals surface area contributed by atoms with Crippen LogP contribution in [0, 0.1) is 0 Å². The molecule has 0 N–H and O–H groups in total. The summed E-state index contributed by atoms with van der Waals surface area (Å²) in [5.41, 5.74) is 0. The van der Waals surface area contributed by atoms with Crippen molar-refractivity contribution in [2.24, 2.45) is 0 Å².